The summed E-state index contributed by atoms with van der Waals surface area (Å²) in [6.45, 7) is 26.5. The Morgan fingerprint density at radius 3 is 2.21 bits per heavy atom. The van der Waals surface area contributed by atoms with E-state index in [4.69, 9.17) is 28.1 Å². The number of esters is 1. The number of carbonyl (C=O) groups is 4. The molecule has 3 heterocycles. The van der Waals surface area contributed by atoms with Crippen molar-refractivity contribution in [2.24, 2.45) is 29.6 Å². The molecule has 2 saturated heterocycles. The molecule has 1 amide bonds. The van der Waals surface area contributed by atoms with Crippen molar-refractivity contribution in [2.75, 3.05) is 27.9 Å². The smallest absolute Gasteiger partial charge is 0.329 e. The molecule has 2 N–H and O–H groups in total. The number of piperidine rings is 1. The zero-order valence-electron chi connectivity index (χ0n) is 43.7. The van der Waals surface area contributed by atoms with Gasteiger partial charge in [-0.1, -0.05) is 72.3 Å². The van der Waals surface area contributed by atoms with Gasteiger partial charge in [-0.05, 0) is 126 Å². The highest BCUT2D eigenvalue weighted by molar-refractivity contribution is 6.74. The molecule has 4 rings (SSSR count). The number of carbonyl (C=O) groups excluding carboxylic acids is 4. The maximum Gasteiger partial charge on any atom is 0.329 e. The molecular weight excluding hydrogens is 871 g/mol. The van der Waals surface area contributed by atoms with Crippen LogP contribution in [0.15, 0.2) is 36.0 Å². The van der Waals surface area contributed by atoms with Crippen LogP contribution in [0.25, 0.3) is 0 Å². The van der Waals surface area contributed by atoms with Gasteiger partial charge >= 0.3 is 5.97 Å². The van der Waals surface area contributed by atoms with Crippen molar-refractivity contribution in [3.05, 3.63) is 36.0 Å². The van der Waals surface area contributed by atoms with E-state index in [1.165, 1.54) is 4.90 Å². The molecule has 1 saturated carbocycles. The van der Waals surface area contributed by atoms with Crippen molar-refractivity contribution in [1.29, 1.82) is 0 Å². The van der Waals surface area contributed by atoms with Crippen molar-refractivity contribution in [3.63, 3.8) is 0 Å². The van der Waals surface area contributed by atoms with Crippen LogP contribution >= 0.6 is 0 Å². The summed E-state index contributed by atoms with van der Waals surface area (Å²) >= 11 is 0. The molecule has 0 aromatic rings. The number of amides is 1. The highest BCUT2D eigenvalue weighted by Gasteiger charge is 2.57. The predicted octanol–water partition coefficient (Wildman–Crippen LogP) is 8.84. The summed E-state index contributed by atoms with van der Waals surface area (Å²) in [6, 6.07) is -1.12. The third-order valence-electron chi connectivity index (χ3n) is 16.1. The molecule has 0 spiro atoms. The highest BCUT2D eigenvalue weighted by Crippen LogP contribution is 2.43. The largest absolute Gasteiger partial charge is 0.456 e. The van der Waals surface area contributed by atoms with Crippen LogP contribution in [0.5, 0.6) is 0 Å². The first-order valence-electron chi connectivity index (χ1n) is 25.2. The Morgan fingerprint density at radius 2 is 1.61 bits per heavy atom. The van der Waals surface area contributed by atoms with E-state index in [0.29, 0.717) is 64.2 Å². The first kappa shape index (κ1) is 57.0. The van der Waals surface area contributed by atoms with Gasteiger partial charge in [0.2, 0.25) is 5.79 Å². The lowest BCUT2D eigenvalue weighted by Gasteiger charge is -2.47. The molecule has 0 radical (unpaired) electrons. The van der Waals surface area contributed by atoms with Gasteiger partial charge in [-0.2, -0.15) is 0 Å². The molecule has 14 atom stereocenters. The maximum absolute atomic E-state index is 14.9. The molecule has 67 heavy (non-hydrogen) atoms. The molecule has 3 fully saturated rings. The number of ketones is 2. The number of methoxy groups -OCH3 is 3. The second kappa shape index (κ2) is 24.0. The fraction of sp³-hybridized carbons (Fsp3) is 0.811. The van der Waals surface area contributed by atoms with Gasteiger partial charge < -0.3 is 43.2 Å². The molecule has 2 bridgehead atoms. The lowest BCUT2D eigenvalue weighted by Crippen LogP contribution is -2.64. The second-order valence-electron chi connectivity index (χ2n) is 22.3. The number of hydrogen-bond donors (Lipinski definition) is 2. The van der Waals surface area contributed by atoms with Crippen LogP contribution in [0.2, 0.25) is 18.1 Å². The van der Waals surface area contributed by atoms with E-state index >= 15 is 0 Å². The van der Waals surface area contributed by atoms with Crippen molar-refractivity contribution in [3.8, 4) is 0 Å². The van der Waals surface area contributed by atoms with Gasteiger partial charge in [-0.3, -0.25) is 14.4 Å². The summed E-state index contributed by atoms with van der Waals surface area (Å²) in [4.78, 5) is 59.9. The summed E-state index contributed by atoms with van der Waals surface area (Å²) < 4.78 is 38.0. The normalized spacial score (nSPS) is 37.5. The molecule has 14 unspecified atom stereocenters. The van der Waals surface area contributed by atoms with Crippen LogP contribution in [0, 0.1) is 29.6 Å². The number of nitrogens with zero attached hydrogens (tertiary/aromatic N) is 1. The van der Waals surface area contributed by atoms with Crippen LogP contribution in [0.4, 0.5) is 0 Å². The fourth-order valence-corrected chi connectivity index (χ4v) is 12.3. The molecular formula is C53H89NO12Si. The number of Topliss-reactive ketones (excluding diaryl/α,β-unsaturated/α-hetero) is 2. The Kier molecular flexibility index (Phi) is 20.5. The van der Waals surface area contributed by atoms with E-state index in [1.807, 2.05) is 27.7 Å². The van der Waals surface area contributed by atoms with Gasteiger partial charge in [-0.25, -0.2) is 4.79 Å². The van der Waals surface area contributed by atoms with Gasteiger partial charge in [0.15, 0.2) is 8.32 Å². The maximum atomic E-state index is 14.9. The van der Waals surface area contributed by atoms with Crippen LogP contribution in [0.3, 0.4) is 0 Å². The minimum atomic E-state index is -2.55. The number of ether oxygens (including phenoxy) is 5. The zero-order valence-corrected chi connectivity index (χ0v) is 44.7. The zero-order chi connectivity index (χ0) is 50.2. The van der Waals surface area contributed by atoms with Crippen LogP contribution in [-0.4, -0.2) is 129 Å². The van der Waals surface area contributed by atoms with Gasteiger partial charge in [0.05, 0.1) is 30.0 Å². The Balaban J connectivity index is 1.88. The Hall–Kier alpha value is -2.56. The molecule has 1 aliphatic carbocycles. The third kappa shape index (κ3) is 13.7. The van der Waals surface area contributed by atoms with Crippen molar-refractivity contribution in [2.45, 2.75) is 218 Å². The number of cyclic esters (lactones) is 1. The van der Waals surface area contributed by atoms with Crippen molar-refractivity contribution in [1.82, 2.24) is 4.90 Å². The van der Waals surface area contributed by atoms with E-state index in [2.05, 4.69) is 59.5 Å². The van der Waals surface area contributed by atoms with Crippen molar-refractivity contribution < 1.29 is 57.5 Å². The quantitative estimate of drug-likeness (QED) is 0.0876. The molecule has 4 aliphatic rings. The molecule has 0 aromatic carbocycles. The van der Waals surface area contributed by atoms with Gasteiger partial charge in [-0.15, -0.1) is 6.58 Å². The lowest BCUT2D eigenvalue weighted by molar-refractivity contribution is -0.302. The summed E-state index contributed by atoms with van der Waals surface area (Å²) in [7, 11) is 2.18. The monoisotopic (exact) mass is 960 g/mol. The molecule has 13 nitrogen and oxygen atoms in total. The molecule has 382 valence electrons. The first-order valence-corrected chi connectivity index (χ1v) is 28.2. The lowest BCUT2D eigenvalue weighted by atomic mass is 9.73. The summed E-state index contributed by atoms with van der Waals surface area (Å²) in [5.41, 5.74) is 0.808. The standard InChI is InChI=1S/C53H89NO12Si/c1-16-18-23-52(59)24-22-38(31-45(52)63-13)29-35(5)46-37(7)42(66-67(14,15)51(8,9)10)32-41(55)39(17-2)27-33(3)26-34(4)28-43(61-11)47-44(62-12)30-36(6)53(60,65-47)48(56)49(57)54-25-20-19-21-40(54)50(58)64-46/h16,27,29,34,36-40,42-47,59-60H,1,17-26,28,30-32H2,2-15H3. The molecule has 14 heteroatoms. The highest BCUT2D eigenvalue weighted by atomic mass is 28.4. The molecule has 0 aromatic heterocycles. The number of rotatable bonds is 11. The van der Waals surface area contributed by atoms with E-state index in [9.17, 15) is 29.4 Å². The Morgan fingerprint density at radius 1 is 0.955 bits per heavy atom. The van der Waals surface area contributed by atoms with Gasteiger partial charge in [0, 0.05) is 52.0 Å². The van der Waals surface area contributed by atoms with E-state index < -0.39 is 91.9 Å². The predicted molar refractivity (Wildman–Crippen MR) is 263 cm³/mol. The minimum absolute atomic E-state index is 0.0193. The van der Waals surface area contributed by atoms with Gasteiger partial charge in [0.25, 0.3) is 11.7 Å². The average Bonchev–Trinajstić information content (AvgIpc) is 3.27. The summed E-state index contributed by atoms with van der Waals surface area (Å²) in [5.74, 6) is -6.99. The van der Waals surface area contributed by atoms with E-state index in [-0.39, 0.29) is 54.4 Å². The molecule has 3 aliphatic heterocycles. The Bertz CT molecular complexity index is 1770. The van der Waals surface area contributed by atoms with Crippen molar-refractivity contribution >= 4 is 31.8 Å². The third-order valence-corrected chi connectivity index (χ3v) is 20.7. The van der Waals surface area contributed by atoms with E-state index in [1.54, 1.807) is 34.3 Å². The van der Waals surface area contributed by atoms with Gasteiger partial charge in [0.1, 0.15) is 24.0 Å². The van der Waals surface area contributed by atoms with Crippen LogP contribution < -0.4 is 0 Å². The minimum Gasteiger partial charge on any atom is -0.456 e. The fourth-order valence-electron chi connectivity index (χ4n) is 10.8. The van der Waals surface area contributed by atoms with Crippen LogP contribution in [0.1, 0.15) is 146 Å². The number of aliphatic hydroxyl groups is 2. The Labute approximate surface area is 404 Å². The van der Waals surface area contributed by atoms with Crippen LogP contribution in [-0.2, 0) is 47.3 Å². The number of hydrogen-bond acceptors (Lipinski definition) is 12. The SMILES string of the molecule is C=CCCC1(O)CCC(C=C(C)C2OC(=O)C3CCCCN3C(=O)C(=O)C3(O)OC(C(OC)CC(C)CC(C)=CC(CC)C(=O)CC(O[Si](C)(C)C(C)(C)C)C2C)C(OC)CC3C)CC1OC. The topological polar surface area (TPSA) is 167 Å². The summed E-state index contributed by atoms with van der Waals surface area (Å²) in [5, 5.41) is 23.7. The number of allylic oxidation sites excluding steroid dienone is 4. The number of fused-ring (bicyclic) bond motifs is 3. The summed E-state index contributed by atoms with van der Waals surface area (Å²) in [6.07, 6.45) is 8.43. The first-order chi connectivity index (χ1) is 31.3. The average molecular weight is 960 g/mol. The second-order valence-corrected chi connectivity index (χ2v) is 27.0. The van der Waals surface area contributed by atoms with E-state index in [0.717, 1.165) is 11.1 Å².